The maximum absolute atomic E-state index is 16.2. The molecule has 2 heterocycles. The first-order valence-electron chi connectivity index (χ1n) is 13.8. The third-order valence-corrected chi connectivity index (χ3v) is 7.77. The van der Waals surface area contributed by atoms with E-state index in [0.717, 1.165) is 16.7 Å². The molecule has 0 radical (unpaired) electrons. The van der Waals surface area contributed by atoms with Gasteiger partial charge in [0, 0.05) is 45.8 Å². The molecular formula is C36H21F2N5. The topological polar surface area (TPSA) is 64.5 Å². The Labute approximate surface area is 245 Å². The smallest absolute Gasteiger partial charge is 0.253 e. The van der Waals surface area contributed by atoms with E-state index in [1.807, 2.05) is 84.9 Å². The van der Waals surface area contributed by atoms with Gasteiger partial charge in [-0.15, -0.1) is 0 Å². The van der Waals surface area contributed by atoms with Gasteiger partial charge in [0.2, 0.25) is 0 Å². The molecule has 0 saturated heterocycles. The average molecular weight is 562 g/mol. The summed E-state index contributed by atoms with van der Waals surface area (Å²) in [6.45, 7) is 0. The molecule has 7 heteroatoms. The van der Waals surface area contributed by atoms with Gasteiger partial charge in [-0.2, -0.15) is 8.78 Å². The van der Waals surface area contributed by atoms with Gasteiger partial charge >= 0.3 is 0 Å². The van der Waals surface area contributed by atoms with Crippen LogP contribution in [0.3, 0.4) is 0 Å². The Morgan fingerprint density at radius 1 is 0.442 bits per heavy atom. The number of alkyl halides is 2. The van der Waals surface area contributed by atoms with Gasteiger partial charge in [-0.1, -0.05) is 97.1 Å². The summed E-state index contributed by atoms with van der Waals surface area (Å²) in [4.78, 5) is 23.0. The van der Waals surface area contributed by atoms with E-state index >= 15 is 8.78 Å². The van der Waals surface area contributed by atoms with Crippen molar-refractivity contribution < 1.29 is 8.78 Å². The van der Waals surface area contributed by atoms with Crippen molar-refractivity contribution in [3.8, 4) is 56.4 Å². The number of aromatic nitrogens is 5. The average Bonchev–Trinajstić information content (AvgIpc) is 3.30. The van der Waals surface area contributed by atoms with Crippen LogP contribution in [0.15, 0.2) is 128 Å². The molecule has 5 nitrogen and oxygen atoms in total. The predicted octanol–water partition coefficient (Wildman–Crippen LogP) is 8.60. The van der Waals surface area contributed by atoms with E-state index in [0.29, 0.717) is 50.8 Å². The van der Waals surface area contributed by atoms with Gasteiger partial charge in [0.15, 0.2) is 17.5 Å². The molecule has 0 aliphatic heterocycles. The quantitative estimate of drug-likeness (QED) is 0.215. The van der Waals surface area contributed by atoms with Crippen molar-refractivity contribution in [3.05, 3.63) is 139 Å². The van der Waals surface area contributed by atoms with Crippen LogP contribution in [0.2, 0.25) is 0 Å². The molecule has 7 aromatic rings. The molecule has 0 fully saturated rings. The highest BCUT2D eigenvalue weighted by molar-refractivity contribution is 5.93. The Balaban J connectivity index is 1.25. The molecular weight excluding hydrogens is 540 g/mol. The van der Waals surface area contributed by atoms with E-state index in [4.69, 9.17) is 15.0 Å². The normalized spacial score (nSPS) is 13.1. The lowest BCUT2D eigenvalue weighted by molar-refractivity contribution is 0.0481. The first-order chi connectivity index (χ1) is 21.1. The van der Waals surface area contributed by atoms with Crippen LogP contribution in [0.5, 0.6) is 0 Å². The lowest BCUT2D eigenvalue weighted by Crippen LogP contribution is -2.11. The Bertz CT molecular complexity index is 2100. The van der Waals surface area contributed by atoms with Crippen molar-refractivity contribution in [2.45, 2.75) is 5.92 Å². The highest BCUT2D eigenvalue weighted by Gasteiger charge is 2.44. The first kappa shape index (κ1) is 25.1. The zero-order valence-electron chi connectivity index (χ0n) is 22.6. The van der Waals surface area contributed by atoms with E-state index in [1.54, 1.807) is 36.7 Å². The molecule has 0 unspecified atom stereocenters. The van der Waals surface area contributed by atoms with Crippen molar-refractivity contribution in [1.29, 1.82) is 0 Å². The van der Waals surface area contributed by atoms with Gasteiger partial charge < -0.3 is 0 Å². The lowest BCUT2D eigenvalue weighted by Gasteiger charge is -2.14. The van der Waals surface area contributed by atoms with Crippen LogP contribution >= 0.6 is 0 Å². The zero-order chi connectivity index (χ0) is 29.0. The van der Waals surface area contributed by atoms with Crippen molar-refractivity contribution in [3.63, 3.8) is 0 Å². The monoisotopic (exact) mass is 561 g/mol. The standard InChI is InChI=1S/C36H21F2N5/c37-36(38)29-20-24(26-12-7-13-31-32(26)40-19-18-39-31)14-16-27(29)28-17-15-25(21-30(28)36)35-42-33(22-8-3-1-4-9-22)41-34(43-35)23-10-5-2-6-11-23/h1-21H. The van der Waals surface area contributed by atoms with Crippen LogP contribution in [0.25, 0.3) is 67.5 Å². The molecule has 1 aliphatic rings. The SMILES string of the molecule is FC1(F)c2cc(-c3nc(-c4ccccc4)nc(-c4ccccc4)n3)ccc2-c2ccc(-c3cccc4nccnc34)cc21. The third kappa shape index (κ3) is 4.16. The molecule has 8 rings (SSSR count). The minimum absolute atomic E-state index is 0.0383. The number of para-hydroxylation sites is 1. The van der Waals surface area contributed by atoms with Gasteiger partial charge in [-0.25, -0.2) is 15.0 Å². The minimum atomic E-state index is -3.22. The number of halogens is 2. The molecule has 0 amide bonds. The van der Waals surface area contributed by atoms with Gasteiger partial charge in [0.25, 0.3) is 5.92 Å². The second-order valence-corrected chi connectivity index (χ2v) is 10.4. The third-order valence-electron chi connectivity index (χ3n) is 7.77. The van der Waals surface area contributed by atoms with E-state index < -0.39 is 5.92 Å². The molecule has 2 aromatic heterocycles. The van der Waals surface area contributed by atoms with Crippen LogP contribution in [-0.2, 0) is 5.92 Å². The number of hydrogen-bond donors (Lipinski definition) is 0. The maximum Gasteiger partial charge on any atom is 0.299 e. The summed E-state index contributed by atoms with van der Waals surface area (Å²) < 4.78 is 32.5. The highest BCUT2D eigenvalue weighted by Crippen LogP contribution is 2.52. The second-order valence-electron chi connectivity index (χ2n) is 10.4. The highest BCUT2D eigenvalue weighted by atomic mass is 19.3. The second kappa shape index (κ2) is 9.70. The molecule has 1 aliphatic carbocycles. The Hall–Kier alpha value is -5.69. The van der Waals surface area contributed by atoms with E-state index in [1.165, 1.54) is 6.07 Å². The van der Waals surface area contributed by atoms with Crippen LogP contribution < -0.4 is 0 Å². The van der Waals surface area contributed by atoms with Crippen molar-refractivity contribution in [2.24, 2.45) is 0 Å². The van der Waals surface area contributed by atoms with E-state index in [-0.39, 0.29) is 11.1 Å². The fourth-order valence-corrected chi connectivity index (χ4v) is 5.69. The van der Waals surface area contributed by atoms with Gasteiger partial charge in [-0.3, -0.25) is 9.97 Å². The number of benzene rings is 5. The van der Waals surface area contributed by atoms with E-state index in [2.05, 4.69) is 9.97 Å². The summed E-state index contributed by atoms with van der Waals surface area (Å²) in [6, 6.07) is 35.0. The summed E-state index contributed by atoms with van der Waals surface area (Å²) >= 11 is 0. The van der Waals surface area contributed by atoms with Gasteiger partial charge in [0.1, 0.15) is 0 Å². The summed E-state index contributed by atoms with van der Waals surface area (Å²) in [5, 5.41) is 0. The molecule has 5 aromatic carbocycles. The summed E-state index contributed by atoms with van der Waals surface area (Å²) in [6.07, 6.45) is 3.23. The van der Waals surface area contributed by atoms with Crippen molar-refractivity contribution in [2.75, 3.05) is 0 Å². The molecule has 0 bridgehead atoms. The van der Waals surface area contributed by atoms with Crippen LogP contribution in [0, 0.1) is 0 Å². The summed E-state index contributed by atoms with van der Waals surface area (Å²) in [5.41, 5.74) is 5.81. The fourth-order valence-electron chi connectivity index (χ4n) is 5.69. The van der Waals surface area contributed by atoms with E-state index in [9.17, 15) is 0 Å². The first-order valence-corrected chi connectivity index (χ1v) is 13.8. The number of fused-ring (bicyclic) bond motifs is 4. The lowest BCUT2D eigenvalue weighted by atomic mass is 9.97. The van der Waals surface area contributed by atoms with Gasteiger partial charge in [0.05, 0.1) is 11.0 Å². The molecule has 0 spiro atoms. The fraction of sp³-hybridized carbons (Fsp3) is 0.0278. The molecule has 204 valence electrons. The van der Waals surface area contributed by atoms with Crippen LogP contribution in [0.4, 0.5) is 8.78 Å². The Morgan fingerprint density at radius 2 is 0.977 bits per heavy atom. The minimum Gasteiger partial charge on any atom is -0.253 e. The Morgan fingerprint density at radius 3 is 1.60 bits per heavy atom. The Kier molecular flexibility index (Phi) is 5.65. The number of rotatable bonds is 4. The molecule has 0 atom stereocenters. The van der Waals surface area contributed by atoms with Crippen LogP contribution in [-0.4, -0.2) is 24.9 Å². The largest absolute Gasteiger partial charge is 0.299 e. The molecule has 0 N–H and O–H groups in total. The van der Waals surface area contributed by atoms with Crippen molar-refractivity contribution >= 4 is 11.0 Å². The van der Waals surface area contributed by atoms with Gasteiger partial charge in [-0.05, 0) is 34.9 Å². The molecule has 0 saturated carbocycles. The molecule has 43 heavy (non-hydrogen) atoms. The summed E-state index contributed by atoms with van der Waals surface area (Å²) in [5.74, 6) is -1.94. The van der Waals surface area contributed by atoms with Crippen LogP contribution in [0.1, 0.15) is 11.1 Å². The van der Waals surface area contributed by atoms with Crippen molar-refractivity contribution in [1.82, 2.24) is 24.9 Å². The maximum atomic E-state index is 16.2. The number of hydrogen-bond acceptors (Lipinski definition) is 5. The number of nitrogens with zero attached hydrogens (tertiary/aromatic N) is 5. The zero-order valence-corrected chi connectivity index (χ0v) is 22.6. The predicted molar refractivity (Wildman–Crippen MR) is 163 cm³/mol. The summed E-state index contributed by atoms with van der Waals surface area (Å²) in [7, 11) is 0.